The first-order valence-corrected chi connectivity index (χ1v) is 10.4. The summed E-state index contributed by atoms with van der Waals surface area (Å²) in [7, 11) is 0. The summed E-state index contributed by atoms with van der Waals surface area (Å²) >= 11 is 0. The number of benzene rings is 1. The number of carbonyl (C=O) groups excluding carboxylic acids is 2. The molecule has 0 aromatic heterocycles. The summed E-state index contributed by atoms with van der Waals surface area (Å²) in [6.45, 7) is 9.94. The second-order valence-corrected chi connectivity index (χ2v) is 7.81. The Morgan fingerprint density at radius 1 is 1.10 bits per heavy atom. The number of likely N-dealkylation sites (tertiary alicyclic amines) is 1. The van der Waals surface area contributed by atoms with E-state index in [0.29, 0.717) is 17.9 Å². The van der Waals surface area contributed by atoms with Crippen molar-refractivity contribution in [1.82, 2.24) is 10.2 Å². The van der Waals surface area contributed by atoms with Gasteiger partial charge >= 0.3 is 0 Å². The third kappa shape index (κ3) is 6.34. The van der Waals surface area contributed by atoms with Crippen molar-refractivity contribution >= 4 is 24.2 Å². The van der Waals surface area contributed by atoms with Gasteiger partial charge in [0, 0.05) is 25.2 Å². The molecular formula is C22H36ClN3O3. The van der Waals surface area contributed by atoms with Gasteiger partial charge in [-0.2, -0.15) is 0 Å². The van der Waals surface area contributed by atoms with Crippen LogP contribution in [0.15, 0.2) is 12.1 Å². The number of hydrogen-bond donors (Lipinski definition) is 2. The van der Waals surface area contributed by atoms with Crippen molar-refractivity contribution in [2.24, 2.45) is 5.73 Å². The number of piperidine rings is 1. The Labute approximate surface area is 181 Å². The first-order valence-electron chi connectivity index (χ1n) is 10.4. The number of halogens is 1. The Bertz CT molecular complexity index is 667. The van der Waals surface area contributed by atoms with Crippen LogP contribution in [0.1, 0.15) is 67.4 Å². The molecule has 0 bridgehead atoms. The average molecular weight is 426 g/mol. The van der Waals surface area contributed by atoms with Crippen molar-refractivity contribution in [3.63, 3.8) is 0 Å². The highest BCUT2D eigenvalue weighted by molar-refractivity contribution is 5.95. The van der Waals surface area contributed by atoms with Gasteiger partial charge in [-0.05, 0) is 69.2 Å². The highest BCUT2D eigenvalue weighted by Crippen LogP contribution is 2.26. The molecule has 0 aliphatic carbocycles. The van der Waals surface area contributed by atoms with Gasteiger partial charge in [0.25, 0.3) is 11.8 Å². The van der Waals surface area contributed by atoms with Crippen LogP contribution in [-0.4, -0.2) is 48.5 Å². The molecule has 0 atom stereocenters. The van der Waals surface area contributed by atoms with Gasteiger partial charge in [0.2, 0.25) is 0 Å². The molecule has 2 rings (SSSR count). The lowest BCUT2D eigenvalue weighted by Gasteiger charge is -2.31. The van der Waals surface area contributed by atoms with Crippen molar-refractivity contribution in [3.8, 4) is 5.75 Å². The molecule has 3 N–H and O–H groups in total. The van der Waals surface area contributed by atoms with Gasteiger partial charge in [0.1, 0.15) is 5.75 Å². The highest BCUT2D eigenvalue weighted by Gasteiger charge is 2.27. The van der Waals surface area contributed by atoms with Crippen LogP contribution in [-0.2, 0) is 4.79 Å². The SMILES string of the molecule is CCC(CC)(CN)NC(=O)c1cc(C)c(OCC(=O)N2CCCCC2)c(C)c1.Cl. The molecule has 0 radical (unpaired) electrons. The maximum absolute atomic E-state index is 12.8. The van der Waals surface area contributed by atoms with Crippen molar-refractivity contribution in [1.29, 1.82) is 0 Å². The fraction of sp³-hybridized carbons (Fsp3) is 0.636. The molecule has 0 saturated carbocycles. The Kier molecular flexibility index (Phi) is 9.93. The molecule has 1 aliphatic heterocycles. The molecule has 0 unspecified atom stereocenters. The van der Waals surface area contributed by atoms with Gasteiger partial charge in [-0.1, -0.05) is 13.8 Å². The van der Waals surface area contributed by atoms with Crippen molar-refractivity contribution in [2.45, 2.75) is 65.3 Å². The van der Waals surface area contributed by atoms with Crippen LogP contribution in [0.3, 0.4) is 0 Å². The van der Waals surface area contributed by atoms with Crippen LogP contribution in [0.4, 0.5) is 0 Å². The number of ether oxygens (including phenoxy) is 1. The number of nitrogens with two attached hydrogens (primary N) is 1. The zero-order valence-corrected chi connectivity index (χ0v) is 19.0. The first-order chi connectivity index (χ1) is 13.4. The number of nitrogens with one attached hydrogen (secondary N) is 1. The zero-order valence-electron chi connectivity index (χ0n) is 18.2. The van der Waals surface area contributed by atoms with Gasteiger partial charge < -0.3 is 20.7 Å². The van der Waals surface area contributed by atoms with Crippen LogP contribution < -0.4 is 15.8 Å². The normalized spacial score (nSPS) is 14.2. The number of rotatable bonds is 8. The molecule has 1 aromatic rings. The van der Waals surface area contributed by atoms with Crippen LogP contribution in [0.2, 0.25) is 0 Å². The third-order valence-corrected chi connectivity index (χ3v) is 5.89. The minimum absolute atomic E-state index is 0. The standard InChI is InChI=1S/C22H35N3O3.ClH/c1-5-22(6-2,15-23)24-21(27)18-12-16(3)20(17(4)13-18)28-14-19(26)25-10-8-7-9-11-25;/h12-13H,5-11,14-15,23H2,1-4H3,(H,24,27);1H. The summed E-state index contributed by atoms with van der Waals surface area (Å²) in [5.74, 6) is 0.577. The summed E-state index contributed by atoms with van der Waals surface area (Å²) < 4.78 is 5.84. The Balaban J connectivity index is 0.00000420. The number of carbonyl (C=O) groups is 2. The lowest BCUT2D eigenvalue weighted by Crippen LogP contribution is -2.52. The third-order valence-electron chi connectivity index (χ3n) is 5.89. The summed E-state index contributed by atoms with van der Waals surface area (Å²) in [5.41, 5.74) is 7.81. The maximum atomic E-state index is 12.8. The molecule has 1 heterocycles. The summed E-state index contributed by atoms with van der Waals surface area (Å²) in [6.07, 6.45) is 4.88. The van der Waals surface area contributed by atoms with E-state index >= 15 is 0 Å². The second-order valence-electron chi connectivity index (χ2n) is 7.81. The van der Waals surface area contributed by atoms with E-state index in [1.807, 2.05) is 44.7 Å². The predicted molar refractivity (Wildman–Crippen MR) is 119 cm³/mol. The highest BCUT2D eigenvalue weighted by atomic mass is 35.5. The fourth-order valence-corrected chi connectivity index (χ4v) is 3.76. The minimum atomic E-state index is -0.380. The predicted octanol–water partition coefficient (Wildman–Crippen LogP) is 3.36. The van der Waals surface area contributed by atoms with Crippen LogP contribution >= 0.6 is 12.4 Å². The number of aryl methyl sites for hydroxylation is 2. The molecule has 7 heteroatoms. The molecule has 6 nitrogen and oxygen atoms in total. The molecule has 29 heavy (non-hydrogen) atoms. The van der Waals surface area contributed by atoms with E-state index in [1.165, 1.54) is 6.42 Å². The van der Waals surface area contributed by atoms with Gasteiger partial charge in [-0.3, -0.25) is 9.59 Å². The monoisotopic (exact) mass is 425 g/mol. The average Bonchev–Trinajstić information content (AvgIpc) is 2.71. The van der Waals surface area contributed by atoms with E-state index in [0.717, 1.165) is 49.9 Å². The Morgan fingerprint density at radius 3 is 2.14 bits per heavy atom. The Hall–Kier alpha value is -1.79. The van der Waals surface area contributed by atoms with E-state index in [1.54, 1.807) is 0 Å². The van der Waals surface area contributed by atoms with E-state index < -0.39 is 0 Å². The minimum Gasteiger partial charge on any atom is -0.483 e. The van der Waals surface area contributed by atoms with E-state index in [9.17, 15) is 9.59 Å². The maximum Gasteiger partial charge on any atom is 0.260 e. The molecule has 164 valence electrons. The van der Waals surface area contributed by atoms with Gasteiger partial charge in [0.15, 0.2) is 6.61 Å². The number of nitrogens with zero attached hydrogens (tertiary/aromatic N) is 1. The fourth-order valence-electron chi connectivity index (χ4n) is 3.76. The lowest BCUT2D eigenvalue weighted by molar-refractivity contribution is -0.134. The largest absolute Gasteiger partial charge is 0.483 e. The molecular weight excluding hydrogens is 390 g/mol. The number of amides is 2. The molecule has 1 aromatic carbocycles. The van der Waals surface area contributed by atoms with Crippen LogP contribution in [0.25, 0.3) is 0 Å². The summed E-state index contributed by atoms with van der Waals surface area (Å²) in [4.78, 5) is 27.0. The quantitative estimate of drug-likeness (QED) is 0.668. The molecule has 1 fully saturated rings. The smallest absolute Gasteiger partial charge is 0.260 e. The molecule has 1 saturated heterocycles. The van der Waals surface area contributed by atoms with Crippen molar-refractivity contribution in [3.05, 3.63) is 28.8 Å². The Morgan fingerprint density at radius 2 is 1.66 bits per heavy atom. The molecule has 1 aliphatic rings. The van der Waals surface area contributed by atoms with Crippen LogP contribution in [0.5, 0.6) is 5.75 Å². The van der Waals surface area contributed by atoms with Gasteiger partial charge in [0.05, 0.1) is 5.54 Å². The van der Waals surface area contributed by atoms with E-state index in [-0.39, 0.29) is 36.4 Å². The van der Waals surface area contributed by atoms with Gasteiger partial charge in [-0.15, -0.1) is 12.4 Å². The van der Waals surface area contributed by atoms with E-state index in [2.05, 4.69) is 5.32 Å². The summed E-state index contributed by atoms with van der Waals surface area (Å²) in [5, 5.41) is 3.10. The van der Waals surface area contributed by atoms with Gasteiger partial charge in [-0.25, -0.2) is 0 Å². The number of hydrogen-bond acceptors (Lipinski definition) is 4. The molecule has 0 spiro atoms. The molecule has 2 amide bonds. The second kappa shape index (κ2) is 11.4. The van der Waals surface area contributed by atoms with E-state index in [4.69, 9.17) is 10.5 Å². The van der Waals surface area contributed by atoms with Crippen molar-refractivity contribution in [2.75, 3.05) is 26.2 Å². The lowest BCUT2D eigenvalue weighted by atomic mass is 9.92. The van der Waals surface area contributed by atoms with Crippen molar-refractivity contribution < 1.29 is 14.3 Å². The first kappa shape index (κ1) is 25.2. The summed E-state index contributed by atoms with van der Waals surface area (Å²) in [6, 6.07) is 3.63. The zero-order chi connectivity index (χ0) is 20.7. The van der Waals surface area contributed by atoms with Crippen LogP contribution in [0, 0.1) is 13.8 Å². The topological polar surface area (TPSA) is 84.7 Å².